The predicted molar refractivity (Wildman–Crippen MR) is 70.0 cm³/mol. The van der Waals surface area contributed by atoms with E-state index in [1.807, 2.05) is 24.3 Å². The van der Waals surface area contributed by atoms with E-state index in [4.69, 9.17) is 9.47 Å². The lowest BCUT2D eigenvalue weighted by atomic mass is 10.1. The number of hydrogen-bond donors (Lipinski definition) is 0. The molecule has 1 rings (SSSR count). The number of ether oxygens (including phenoxy) is 2. The Labute approximate surface area is 108 Å². The molecule has 3 nitrogen and oxygen atoms in total. The number of hydrogen-bond acceptors (Lipinski definition) is 3. The lowest BCUT2D eigenvalue weighted by molar-refractivity contribution is -0.139. The van der Waals surface area contributed by atoms with Gasteiger partial charge < -0.3 is 9.47 Å². The van der Waals surface area contributed by atoms with E-state index >= 15 is 0 Å². The standard InChI is InChI=1S/C15H19O3/c1-12(2)15(16)18-11-7-10-14(17-3)13-8-5-4-6-9-13/h5-6,8-9,14H,1,7,10-11H2,2-3H3. The van der Waals surface area contributed by atoms with Crippen LogP contribution in [0.15, 0.2) is 36.4 Å². The normalized spacial score (nSPS) is 11.9. The number of rotatable bonds is 7. The molecule has 1 aromatic carbocycles. The zero-order valence-electron chi connectivity index (χ0n) is 10.9. The number of carbonyl (C=O) groups is 1. The molecule has 1 radical (unpaired) electrons. The third kappa shape index (κ3) is 4.72. The molecule has 1 atom stereocenters. The molecule has 0 heterocycles. The fourth-order valence-corrected chi connectivity index (χ4v) is 1.59. The van der Waals surface area contributed by atoms with Crippen LogP contribution in [-0.2, 0) is 14.3 Å². The summed E-state index contributed by atoms with van der Waals surface area (Å²) in [6.45, 7) is 5.56. The summed E-state index contributed by atoms with van der Waals surface area (Å²) in [5, 5.41) is 0. The first-order valence-corrected chi connectivity index (χ1v) is 5.96. The third-order valence-corrected chi connectivity index (χ3v) is 2.59. The quantitative estimate of drug-likeness (QED) is 0.422. The van der Waals surface area contributed by atoms with Gasteiger partial charge >= 0.3 is 5.97 Å². The largest absolute Gasteiger partial charge is 0.462 e. The summed E-state index contributed by atoms with van der Waals surface area (Å²) in [6, 6.07) is 10.7. The van der Waals surface area contributed by atoms with E-state index in [0.29, 0.717) is 12.2 Å². The fraction of sp³-hybridized carbons (Fsp3) is 0.400. The lowest BCUT2D eigenvalue weighted by Crippen LogP contribution is -2.08. The van der Waals surface area contributed by atoms with Gasteiger partial charge in [0.05, 0.1) is 12.7 Å². The van der Waals surface area contributed by atoms with Gasteiger partial charge in [0.2, 0.25) is 0 Å². The van der Waals surface area contributed by atoms with E-state index in [9.17, 15) is 4.79 Å². The summed E-state index contributed by atoms with van der Waals surface area (Å²) in [4.78, 5) is 11.2. The van der Waals surface area contributed by atoms with Crippen LogP contribution >= 0.6 is 0 Å². The van der Waals surface area contributed by atoms with Gasteiger partial charge in [-0.1, -0.05) is 30.8 Å². The smallest absolute Gasteiger partial charge is 0.333 e. The summed E-state index contributed by atoms with van der Waals surface area (Å²) >= 11 is 0. The maximum Gasteiger partial charge on any atom is 0.333 e. The van der Waals surface area contributed by atoms with Gasteiger partial charge in [-0.25, -0.2) is 4.79 Å². The Morgan fingerprint density at radius 3 is 2.67 bits per heavy atom. The second-order valence-corrected chi connectivity index (χ2v) is 4.12. The minimum atomic E-state index is -0.335. The molecule has 0 amide bonds. The fourth-order valence-electron chi connectivity index (χ4n) is 1.59. The summed E-state index contributed by atoms with van der Waals surface area (Å²) in [5.74, 6) is -0.335. The minimum absolute atomic E-state index is 0.0307. The zero-order valence-corrected chi connectivity index (χ0v) is 10.9. The van der Waals surface area contributed by atoms with Gasteiger partial charge in [0.25, 0.3) is 0 Å². The molecule has 0 aliphatic rings. The van der Waals surface area contributed by atoms with Crippen LogP contribution in [0.25, 0.3) is 0 Å². The van der Waals surface area contributed by atoms with Gasteiger partial charge in [-0.05, 0) is 31.4 Å². The number of carbonyl (C=O) groups excluding carboxylic acids is 1. The highest BCUT2D eigenvalue weighted by molar-refractivity contribution is 5.86. The average molecular weight is 247 g/mol. The van der Waals surface area contributed by atoms with Gasteiger partial charge in [0, 0.05) is 12.7 Å². The maximum atomic E-state index is 11.2. The van der Waals surface area contributed by atoms with Crippen LogP contribution in [0.2, 0.25) is 0 Å². The van der Waals surface area contributed by atoms with E-state index < -0.39 is 0 Å². The first-order chi connectivity index (χ1) is 8.65. The Hall–Kier alpha value is -1.61. The van der Waals surface area contributed by atoms with Crippen molar-refractivity contribution < 1.29 is 14.3 Å². The lowest BCUT2D eigenvalue weighted by Gasteiger charge is -2.15. The van der Waals surface area contributed by atoms with Gasteiger partial charge in [0.1, 0.15) is 0 Å². The molecule has 0 aromatic heterocycles. The Morgan fingerprint density at radius 1 is 1.44 bits per heavy atom. The first-order valence-electron chi connectivity index (χ1n) is 5.96. The molecule has 0 fully saturated rings. The molecular weight excluding hydrogens is 228 g/mol. The van der Waals surface area contributed by atoms with Gasteiger partial charge in [-0.3, -0.25) is 0 Å². The Kier molecular flexibility index (Phi) is 6.15. The van der Waals surface area contributed by atoms with E-state index in [2.05, 4.69) is 12.6 Å². The SMILES string of the molecule is C=C(C)C(=O)OCCCC(OC)c1cc[c]cc1. The molecule has 1 unspecified atom stereocenters. The topological polar surface area (TPSA) is 35.5 Å². The Balaban J connectivity index is 2.33. The molecule has 3 heteroatoms. The minimum Gasteiger partial charge on any atom is -0.462 e. The van der Waals surface area contributed by atoms with Crippen molar-refractivity contribution in [3.63, 3.8) is 0 Å². The molecule has 0 saturated heterocycles. The van der Waals surface area contributed by atoms with E-state index in [1.54, 1.807) is 14.0 Å². The molecule has 0 saturated carbocycles. The van der Waals surface area contributed by atoms with Crippen molar-refractivity contribution in [1.82, 2.24) is 0 Å². The molecular formula is C15H19O3. The van der Waals surface area contributed by atoms with Crippen molar-refractivity contribution in [3.8, 4) is 0 Å². The van der Waals surface area contributed by atoms with Crippen LogP contribution in [0.3, 0.4) is 0 Å². The molecule has 0 bridgehead atoms. The molecule has 0 N–H and O–H groups in total. The summed E-state index contributed by atoms with van der Waals surface area (Å²) in [6.07, 6.45) is 1.60. The zero-order chi connectivity index (χ0) is 13.4. The van der Waals surface area contributed by atoms with Crippen LogP contribution in [0.1, 0.15) is 31.4 Å². The van der Waals surface area contributed by atoms with Crippen LogP contribution in [-0.4, -0.2) is 19.7 Å². The maximum absolute atomic E-state index is 11.2. The van der Waals surface area contributed by atoms with E-state index in [0.717, 1.165) is 18.4 Å². The predicted octanol–water partition coefficient (Wildman–Crippen LogP) is 3.07. The van der Waals surface area contributed by atoms with Crippen LogP contribution in [0.5, 0.6) is 0 Å². The first kappa shape index (κ1) is 14.5. The number of benzene rings is 1. The van der Waals surface area contributed by atoms with Crippen LogP contribution < -0.4 is 0 Å². The van der Waals surface area contributed by atoms with Crippen molar-refractivity contribution in [2.24, 2.45) is 0 Å². The molecule has 0 spiro atoms. The highest BCUT2D eigenvalue weighted by Crippen LogP contribution is 2.21. The van der Waals surface area contributed by atoms with Crippen molar-refractivity contribution in [2.45, 2.75) is 25.9 Å². The second-order valence-electron chi connectivity index (χ2n) is 4.12. The van der Waals surface area contributed by atoms with Gasteiger partial charge in [-0.15, -0.1) is 0 Å². The average Bonchev–Trinajstić information content (AvgIpc) is 2.39. The highest BCUT2D eigenvalue weighted by atomic mass is 16.5. The third-order valence-electron chi connectivity index (χ3n) is 2.59. The second kappa shape index (κ2) is 7.67. The Bertz CT molecular complexity index is 384. The summed E-state index contributed by atoms with van der Waals surface area (Å²) in [7, 11) is 1.68. The van der Waals surface area contributed by atoms with E-state index in [1.165, 1.54) is 0 Å². The number of esters is 1. The van der Waals surface area contributed by atoms with Crippen molar-refractivity contribution in [3.05, 3.63) is 48.0 Å². The molecule has 97 valence electrons. The molecule has 18 heavy (non-hydrogen) atoms. The Morgan fingerprint density at radius 2 is 2.11 bits per heavy atom. The molecule has 0 aliphatic carbocycles. The van der Waals surface area contributed by atoms with Crippen molar-refractivity contribution in [2.75, 3.05) is 13.7 Å². The van der Waals surface area contributed by atoms with Crippen LogP contribution in [0, 0.1) is 6.07 Å². The molecule has 0 aliphatic heterocycles. The highest BCUT2D eigenvalue weighted by Gasteiger charge is 2.10. The van der Waals surface area contributed by atoms with Crippen molar-refractivity contribution >= 4 is 5.97 Å². The van der Waals surface area contributed by atoms with Crippen molar-refractivity contribution in [1.29, 1.82) is 0 Å². The summed E-state index contributed by atoms with van der Waals surface area (Å²) < 4.78 is 10.5. The summed E-state index contributed by atoms with van der Waals surface area (Å²) in [5.41, 5.74) is 1.54. The number of methoxy groups -OCH3 is 1. The van der Waals surface area contributed by atoms with Crippen LogP contribution in [0.4, 0.5) is 0 Å². The molecule has 1 aromatic rings. The van der Waals surface area contributed by atoms with Gasteiger partial charge in [0.15, 0.2) is 0 Å². The monoisotopic (exact) mass is 247 g/mol. The van der Waals surface area contributed by atoms with E-state index in [-0.39, 0.29) is 12.1 Å². The van der Waals surface area contributed by atoms with Gasteiger partial charge in [-0.2, -0.15) is 0 Å².